The highest BCUT2D eigenvalue weighted by Crippen LogP contribution is 2.02. The van der Waals surface area contributed by atoms with Gasteiger partial charge in [-0.15, -0.1) is 0 Å². The van der Waals surface area contributed by atoms with Crippen molar-refractivity contribution >= 4 is 5.91 Å². The lowest BCUT2D eigenvalue weighted by atomic mass is 10.2. The Balaban J connectivity index is 2.56. The van der Waals surface area contributed by atoms with Gasteiger partial charge in [-0.3, -0.25) is 9.78 Å². The Bertz CT molecular complexity index is 314. The van der Waals surface area contributed by atoms with Gasteiger partial charge in [-0.25, -0.2) is 0 Å². The molecular weight excluding hydrogens is 192 g/mol. The van der Waals surface area contributed by atoms with Gasteiger partial charge in [0.2, 0.25) is 5.91 Å². The van der Waals surface area contributed by atoms with E-state index >= 15 is 0 Å². The summed E-state index contributed by atoms with van der Waals surface area (Å²) in [6, 6.07) is 3.52. The minimum Gasteiger partial charge on any atom is -0.394 e. The molecule has 1 amide bonds. The number of aliphatic hydroxyl groups excluding tert-OH is 1. The molecule has 0 aliphatic rings. The lowest BCUT2D eigenvalue weighted by molar-refractivity contribution is -0.131. The van der Waals surface area contributed by atoms with Crippen LogP contribution in [0.15, 0.2) is 24.5 Å². The monoisotopic (exact) mass is 208 g/mol. The summed E-state index contributed by atoms with van der Waals surface area (Å²) in [6.07, 6.45) is 3.68. The first-order valence-electron chi connectivity index (χ1n) is 4.90. The van der Waals surface area contributed by atoms with Crippen molar-refractivity contribution in [1.29, 1.82) is 0 Å². The van der Waals surface area contributed by atoms with E-state index in [9.17, 15) is 4.79 Å². The van der Waals surface area contributed by atoms with Gasteiger partial charge < -0.3 is 10.0 Å². The summed E-state index contributed by atoms with van der Waals surface area (Å²) < 4.78 is 0. The molecule has 4 heteroatoms. The second kappa shape index (κ2) is 5.46. The Labute approximate surface area is 89.6 Å². The van der Waals surface area contributed by atoms with Gasteiger partial charge in [-0.05, 0) is 18.6 Å². The SMILES string of the molecule is CC(CO)N(C)C(=O)Cc1cccnc1. The van der Waals surface area contributed by atoms with Crippen molar-refractivity contribution in [3.8, 4) is 0 Å². The number of rotatable bonds is 4. The standard InChI is InChI=1S/C11H16N2O2/c1-9(8-14)13(2)11(15)6-10-4-3-5-12-7-10/h3-5,7,9,14H,6,8H2,1-2H3. The first-order valence-corrected chi connectivity index (χ1v) is 4.90. The van der Waals surface area contributed by atoms with Crippen LogP contribution in [0.4, 0.5) is 0 Å². The quantitative estimate of drug-likeness (QED) is 0.782. The van der Waals surface area contributed by atoms with E-state index in [4.69, 9.17) is 5.11 Å². The van der Waals surface area contributed by atoms with Crippen molar-refractivity contribution in [2.45, 2.75) is 19.4 Å². The lowest BCUT2D eigenvalue weighted by Gasteiger charge is -2.23. The van der Waals surface area contributed by atoms with Crippen LogP contribution < -0.4 is 0 Å². The zero-order chi connectivity index (χ0) is 11.3. The molecule has 1 N–H and O–H groups in total. The number of hydrogen-bond donors (Lipinski definition) is 1. The van der Waals surface area contributed by atoms with Crippen molar-refractivity contribution < 1.29 is 9.90 Å². The molecule has 1 rings (SSSR count). The predicted octanol–water partition coefficient (Wildman–Crippen LogP) is 0.463. The Morgan fingerprint density at radius 1 is 1.67 bits per heavy atom. The predicted molar refractivity (Wildman–Crippen MR) is 57.3 cm³/mol. The van der Waals surface area contributed by atoms with E-state index in [0.29, 0.717) is 6.42 Å². The van der Waals surface area contributed by atoms with Crippen LogP contribution >= 0.6 is 0 Å². The summed E-state index contributed by atoms with van der Waals surface area (Å²) >= 11 is 0. The zero-order valence-corrected chi connectivity index (χ0v) is 9.05. The number of pyridine rings is 1. The molecule has 1 aromatic heterocycles. The average Bonchev–Trinajstić information content (AvgIpc) is 2.28. The third kappa shape index (κ3) is 3.32. The largest absolute Gasteiger partial charge is 0.394 e. The third-order valence-electron chi connectivity index (χ3n) is 2.40. The maximum atomic E-state index is 11.7. The average molecular weight is 208 g/mol. The van der Waals surface area contributed by atoms with Gasteiger partial charge in [0.1, 0.15) is 0 Å². The normalized spacial score (nSPS) is 12.2. The Morgan fingerprint density at radius 2 is 2.40 bits per heavy atom. The van der Waals surface area contributed by atoms with Gasteiger partial charge in [0.15, 0.2) is 0 Å². The molecule has 0 aliphatic heterocycles. The highest BCUT2D eigenvalue weighted by atomic mass is 16.3. The topological polar surface area (TPSA) is 53.4 Å². The van der Waals surface area contributed by atoms with Crippen LogP contribution in [0, 0.1) is 0 Å². The number of hydrogen-bond acceptors (Lipinski definition) is 3. The number of amides is 1. The molecule has 0 fully saturated rings. The smallest absolute Gasteiger partial charge is 0.227 e. The summed E-state index contributed by atoms with van der Waals surface area (Å²) in [5.74, 6) is -0.00968. The van der Waals surface area contributed by atoms with E-state index in [0.717, 1.165) is 5.56 Å². The molecule has 0 bridgehead atoms. The molecule has 4 nitrogen and oxygen atoms in total. The maximum Gasteiger partial charge on any atom is 0.227 e. The highest BCUT2D eigenvalue weighted by molar-refractivity contribution is 5.78. The molecule has 1 unspecified atom stereocenters. The summed E-state index contributed by atoms with van der Waals surface area (Å²) in [6.45, 7) is 1.79. The Morgan fingerprint density at radius 3 is 2.93 bits per heavy atom. The second-order valence-electron chi connectivity index (χ2n) is 3.57. The van der Waals surface area contributed by atoms with Gasteiger partial charge >= 0.3 is 0 Å². The highest BCUT2D eigenvalue weighted by Gasteiger charge is 2.14. The minimum absolute atomic E-state index is 0.00968. The van der Waals surface area contributed by atoms with Crippen LogP contribution in [0.5, 0.6) is 0 Å². The van der Waals surface area contributed by atoms with E-state index in [1.165, 1.54) is 0 Å². The summed E-state index contributed by atoms with van der Waals surface area (Å²) in [5, 5.41) is 8.91. The van der Waals surface area contributed by atoms with Crippen molar-refractivity contribution in [2.75, 3.05) is 13.7 Å². The molecule has 0 spiro atoms. The Hall–Kier alpha value is -1.42. The minimum atomic E-state index is -0.144. The molecule has 0 radical (unpaired) electrons. The van der Waals surface area contributed by atoms with E-state index in [2.05, 4.69) is 4.98 Å². The van der Waals surface area contributed by atoms with Gasteiger partial charge in [0.25, 0.3) is 0 Å². The molecule has 1 aromatic rings. The molecule has 0 saturated carbocycles. The molecule has 82 valence electrons. The number of nitrogens with zero attached hydrogens (tertiary/aromatic N) is 2. The van der Waals surface area contributed by atoms with Gasteiger partial charge in [-0.1, -0.05) is 6.07 Å². The van der Waals surface area contributed by atoms with Gasteiger partial charge in [0.05, 0.1) is 19.1 Å². The van der Waals surface area contributed by atoms with E-state index < -0.39 is 0 Å². The van der Waals surface area contributed by atoms with Crippen LogP contribution in [0.3, 0.4) is 0 Å². The van der Waals surface area contributed by atoms with E-state index in [-0.39, 0.29) is 18.6 Å². The van der Waals surface area contributed by atoms with Gasteiger partial charge in [-0.2, -0.15) is 0 Å². The fourth-order valence-corrected chi connectivity index (χ4v) is 1.17. The maximum absolute atomic E-state index is 11.7. The molecule has 1 atom stereocenters. The molecule has 0 saturated heterocycles. The number of aliphatic hydroxyl groups is 1. The molecule has 1 heterocycles. The summed E-state index contributed by atoms with van der Waals surface area (Å²) in [4.78, 5) is 17.2. The number of carbonyl (C=O) groups excluding carboxylic acids is 1. The van der Waals surface area contributed by atoms with Gasteiger partial charge in [0, 0.05) is 19.4 Å². The van der Waals surface area contributed by atoms with Crippen LogP contribution in [0.2, 0.25) is 0 Å². The lowest BCUT2D eigenvalue weighted by Crippen LogP contribution is -2.38. The molecule has 15 heavy (non-hydrogen) atoms. The van der Waals surface area contributed by atoms with Crippen LogP contribution in [0.1, 0.15) is 12.5 Å². The van der Waals surface area contributed by atoms with Crippen molar-refractivity contribution in [2.24, 2.45) is 0 Å². The fourth-order valence-electron chi connectivity index (χ4n) is 1.17. The molecule has 0 aromatic carbocycles. The first kappa shape index (κ1) is 11.7. The van der Waals surface area contributed by atoms with Crippen molar-refractivity contribution in [3.05, 3.63) is 30.1 Å². The molecule has 0 aliphatic carbocycles. The van der Waals surface area contributed by atoms with E-state index in [1.54, 1.807) is 37.3 Å². The van der Waals surface area contributed by atoms with Crippen LogP contribution in [0.25, 0.3) is 0 Å². The summed E-state index contributed by atoms with van der Waals surface area (Å²) in [7, 11) is 1.69. The van der Waals surface area contributed by atoms with Crippen LogP contribution in [-0.2, 0) is 11.2 Å². The zero-order valence-electron chi connectivity index (χ0n) is 9.05. The third-order valence-corrected chi connectivity index (χ3v) is 2.40. The van der Waals surface area contributed by atoms with Crippen molar-refractivity contribution in [3.63, 3.8) is 0 Å². The first-order chi connectivity index (χ1) is 7.15. The van der Waals surface area contributed by atoms with E-state index in [1.807, 2.05) is 6.07 Å². The fraction of sp³-hybridized carbons (Fsp3) is 0.455. The Kier molecular flexibility index (Phi) is 4.24. The van der Waals surface area contributed by atoms with Crippen LogP contribution in [-0.4, -0.2) is 40.6 Å². The number of carbonyl (C=O) groups is 1. The second-order valence-corrected chi connectivity index (χ2v) is 3.57. The van der Waals surface area contributed by atoms with Crippen molar-refractivity contribution in [1.82, 2.24) is 9.88 Å². The number of aromatic nitrogens is 1. The molecular formula is C11H16N2O2. The summed E-state index contributed by atoms with van der Waals surface area (Å²) in [5.41, 5.74) is 0.888. The number of likely N-dealkylation sites (N-methyl/N-ethyl adjacent to an activating group) is 1.